The van der Waals surface area contributed by atoms with E-state index >= 15 is 0 Å². The fraction of sp³-hybridized carbons (Fsp3) is 0.429. The monoisotopic (exact) mass is 281 g/mol. The molecule has 4 N–H and O–H groups in total. The van der Waals surface area contributed by atoms with Crippen LogP contribution in [0.3, 0.4) is 0 Å². The minimum absolute atomic E-state index is 0.0971. The van der Waals surface area contributed by atoms with Crippen molar-refractivity contribution in [1.82, 2.24) is 10.6 Å². The first-order chi connectivity index (χ1) is 9.47. The number of rotatable bonds is 7. The van der Waals surface area contributed by atoms with Crippen LogP contribution in [-0.2, 0) is 11.2 Å². The zero-order valence-corrected chi connectivity index (χ0v) is 11.5. The Morgan fingerprint density at radius 3 is 2.65 bits per heavy atom. The Bertz CT molecular complexity index is 465. The third-order valence-corrected chi connectivity index (χ3v) is 2.75. The van der Waals surface area contributed by atoms with Crippen LogP contribution in [-0.4, -0.2) is 25.0 Å². The van der Waals surface area contributed by atoms with E-state index in [1.165, 1.54) is 12.1 Å². The second-order valence-electron chi connectivity index (χ2n) is 4.78. The summed E-state index contributed by atoms with van der Waals surface area (Å²) in [5.41, 5.74) is 5.77. The van der Waals surface area contributed by atoms with Crippen molar-refractivity contribution in [2.24, 2.45) is 11.7 Å². The van der Waals surface area contributed by atoms with Crippen molar-refractivity contribution in [1.29, 1.82) is 0 Å². The SMILES string of the molecule is CC(CC(=O)NCCNC(N)=O)Cc1cccc(F)c1. The van der Waals surface area contributed by atoms with E-state index in [9.17, 15) is 14.0 Å². The average molecular weight is 281 g/mol. The number of halogens is 1. The lowest BCUT2D eigenvalue weighted by atomic mass is 9.98. The highest BCUT2D eigenvalue weighted by Crippen LogP contribution is 2.12. The van der Waals surface area contributed by atoms with Gasteiger partial charge in [0, 0.05) is 19.5 Å². The topological polar surface area (TPSA) is 84.2 Å². The molecule has 0 aliphatic heterocycles. The zero-order valence-electron chi connectivity index (χ0n) is 11.5. The number of carbonyl (C=O) groups is 2. The Kier molecular flexibility index (Phi) is 6.49. The lowest BCUT2D eigenvalue weighted by molar-refractivity contribution is -0.121. The molecule has 0 aliphatic rings. The Labute approximate surface area is 117 Å². The van der Waals surface area contributed by atoms with Crippen LogP contribution in [0.4, 0.5) is 9.18 Å². The van der Waals surface area contributed by atoms with E-state index in [1.54, 1.807) is 6.07 Å². The van der Waals surface area contributed by atoms with Crippen LogP contribution in [0.15, 0.2) is 24.3 Å². The highest BCUT2D eigenvalue weighted by atomic mass is 19.1. The Morgan fingerprint density at radius 2 is 2.00 bits per heavy atom. The van der Waals surface area contributed by atoms with E-state index in [0.29, 0.717) is 25.9 Å². The van der Waals surface area contributed by atoms with E-state index in [2.05, 4.69) is 10.6 Å². The lowest BCUT2D eigenvalue weighted by Gasteiger charge is -2.12. The maximum Gasteiger partial charge on any atom is 0.312 e. The molecule has 0 radical (unpaired) electrons. The van der Waals surface area contributed by atoms with Crippen molar-refractivity contribution in [3.63, 3.8) is 0 Å². The molecule has 5 nitrogen and oxygen atoms in total. The molecule has 1 unspecified atom stereocenters. The van der Waals surface area contributed by atoms with Crippen LogP contribution in [0, 0.1) is 11.7 Å². The number of urea groups is 1. The van der Waals surface area contributed by atoms with E-state index in [0.717, 1.165) is 5.56 Å². The fourth-order valence-electron chi connectivity index (χ4n) is 1.91. The zero-order chi connectivity index (χ0) is 15.0. The van der Waals surface area contributed by atoms with Gasteiger partial charge in [-0.15, -0.1) is 0 Å². The summed E-state index contributed by atoms with van der Waals surface area (Å²) in [4.78, 5) is 22.0. The summed E-state index contributed by atoms with van der Waals surface area (Å²) >= 11 is 0. The number of primary amides is 1. The van der Waals surface area contributed by atoms with E-state index in [4.69, 9.17) is 5.73 Å². The van der Waals surface area contributed by atoms with Gasteiger partial charge in [0.25, 0.3) is 0 Å². The second kappa shape index (κ2) is 8.14. The van der Waals surface area contributed by atoms with Gasteiger partial charge in [-0.3, -0.25) is 4.79 Å². The molecular weight excluding hydrogens is 261 g/mol. The van der Waals surface area contributed by atoms with Gasteiger partial charge in [-0.25, -0.2) is 9.18 Å². The van der Waals surface area contributed by atoms with Crippen molar-refractivity contribution in [2.45, 2.75) is 19.8 Å². The molecule has 0 bridgehead atoms. The molecule has 1 rings (SSSR count). The second-order valence-corrected chi connectivity index (χ2v) is 4.78. The summed E-state index contributed by atoms with van der Waals surface area (Å²) in [5.74, 6) is -0.252. The molecule has 1 aromatic carbocycles. The minimum atomic E-state index is -0.612. The fourth-order valence-corrected chi connectivity index (χ4v) is 1.91. The first-order valence-corrected chi connectivity index (χ1v) is 6.52. The lowest BCUT2D eigenvalue weighted by Crippen LogP contribution is -2.37. The first kappa shape index (κ1) is 15.9. The van der Waals surface area contributed by atoms with Crippen molar-refractivity contribution < 1.29 is 14.0 Å². The summed E-state index contributed by atoms with van der Waals surface area (Å²) in [5, 5.41) is 5.07. The maximum atomic E-state index is 13.0. The number of hydrogen-bond acceptors (Lipinski definition) is 2. The molecular formula is C14H20FN3O2. The molecule has 0 saturated heterocycles. The van der Waals surface area contributed by atoms with E-state index in [-0.39, 0.29) is 17.6 Å². The van der Waals surface area contributed by atoms with E-state index in [1.807, 2.05) is 13.0 Å². The predicted octanol–water partition coefficient (Wildman–Crippen LogP) is 1.18. The van der Waals surface area contributed by atoms with Crippen molar-refractivity contribution in [3.05, 3.63) is 35.6 Å². The van der Waals surface area contributed by atoms with Gasteiger partial charge in [0.1, 0.15) is 5.82 Å². The first-order valence-electron chi connectivity index (χ1n) is 6.52. The molecule has 110 valence electrons. The quantitative estimate of drug-likeness (QED) is 0.656. The van der Waals surface area contributed by atoms with Gasteiger partial charge >= 0.3 is 6.03 Å². The molecule has 0 spiro atoms. The van der Waals surface area contributed by atoms with Gasteiger partial charge in [0.2, 0.25) is 5.91 Å². The van der Waals surface area contributed by atoms with Crippen molar-refractivity contribution in [2.75, 3.05) is 13.1 Å². The highest BCUT2D eigenvalue weighted by molar-refractivity contribution is 5.76. The number of hydrogen-bond donors (Lipinski definition) is 3. The van der Waals surface area contributed by atoms with Gasteiger partial charge in [0.05, 0.1) is 0 Å². The van der Waals surface area contributed by atoms with Crippen LogP contribution < -0.4 is 16.4 Å². The number of benzene rings is 1. The summed E-state index contributed by atoms with van der Waals surface area (Å²) in [7, 11) is 0. The van der Waals surface area contributed by atoms with Crippen LogP contribution in [0.2, 0.25) is 0 Å². The van der Waals surface area contributed by atoms with Crippen LogP contribution >= 0.6 is 0 Å². The summed E-state index contributed by atoms with van der Waals surface area (Å²) in [6.45, 7) is 2.58. The number of carbonyl (C=O) groups excluding carboxylic acids is 2. The van der Waals surface area contributed by atoms with Gasteiger partial charge in [-0.1, -0.05) is 19.1 Å². The molecule has 1 aromatic rings. The third kappa shape index (κ3) is 6.72. The van der Waals surface area contributed by atoms with E-state index < -0.39 is 6.03 Å². The standard InChI is InChI=1S/C14H20FN3O2/c1-10(7-11-3-2-4-12(15)9-11)8-13(19)17-5-6-18-14(16)20/h2-4,9-10H,5-8H2,1H3,(H,17,19)(H3,16,18,20). The largest absolute Gasteiger partial charge is 0.354 e. The van der Waals surface area contributed by atoms with Crippen LogP contribution in [0.1, 0.15) is 18.9 Å². The van der Waals surface area contributed by atoms with Gasteiger partial charge in [0.15, 0.2) is 0 Å². The molecule has 0 aromatic heterocycles. The third-order valence-electron chi connectivity index (χ3n) is 2.75. The maximum absolute atomic E-state index is 13.0. The molecule has 1 atom stereocenters. The van der Waals surface area contributed by atoms with Crippen molar-refractivity contribution in [3.8, 4) is 0 Å². The van der Waals surface area contributed by atoms with Gasteiger partial charge in [-0.05, 0) is 30.0 Å². The smallest absolute Gasteiger partial charge is 0.312 e. The Morgan fingerprint density at radius 1 is 1.30 bits per heavy atom. The summed E-state index contributed by atoms with van der Waals surface area (Å²) < 4.78 is 13.0. The predicted molar refractivity (Wildman–Crippen MR) is 74.5 cm³/mol. The molecule has 3 amide bonds. The molecule has 6 heteroatoms. The van der Waals surface area contributed by atoms with Gasteiger partial charge in [-0.2, -0.15) is 0 Å². The van der Waals surface area contributed by atoms with Crippen LogP contribution in [0.5, 0.6) is 0 Å². The number of amides is 3. The normalized spacial score (nSPS) is 11.7. The highest BCUT2D eigenvalue weighted by Gasteiger charge is 2.10. The molecule has 0 aliphatic carbocycles. The Balaban J connectivity index is 2.26. The molecule has 0 heterocycles. The van der Waals surface area contributed by atoms with Gasteiger partial charge < -0.3 is 16.4 Å². The molecule has 0 saturated carbocycles. The molecule has 20 heavy (non-hydrogen) atoms. The summed E-state index contributed by atoms with van der Waals surface area (Å²) in [6, 6.07) is 5.76. The minimum Gasteiger partial charge on any atom is -0.354 e. The van der Waals surface area contributed by atoms with Crippen molar-refractivity contribution >= 4 is 11.9 Å². The average Bonchev–Trinajstić information content (AvgIpc) is 2.34. The summed E-state index contributed by atoms with van der Waals surface area (Å²) in [6.07, 6.45) is 0.998. The van der Waals surface area contributed by atoms with Crippen LogP contribution in [0.25, 0.3) is 0 Å². The number of nitrogens with one attached hydrogen (secondary N) is 2. The number of nitrogens with two attached hydrogens (primary N) is 1. The molecule has 0 fully saturated rings. The Hall–Kier alpha value is -2.11.